The number of aromatic nitrogens is 1. The third kappa shape index (κ3) is 4.05. The molecule has 0 N–H and O–H groups in total. The molecule has 4 aromatic rings. The first kappa shape index (κ1) is 19.3. The smallest absolute Gasteiger partial charge is 0.290 e. The van der Waals surface area contributed by atoms with Crippen LogP contribution in [0.4, 0.5) is 13.2 Å². The van der Waals surface area contributed by atoms with Crippen molar-refractivity contribution >= 4 is 28.3 Å². The molecule has 0 aliphatic rings. The van der Waals surface area contributed by atoms with Gasteiger partial charge in [-0.1, -0.05) is 72.3 Å². The number of benzene rings is 3. The normalized spacial score (nSPS) is 12.5. The summed E-state index contributed by atoms with van der Waals surface area (Å²) in [5, 5.41) is 1.22. The number of nitrogens with zero attached hydrogens (tertiary/aromatic N) is 2. The van der Waals surface area contributed by atoms with Gasteiger partial charge in [-0.2, -0.15) is 13.2 Å². The van der Waals surface area contributed by atoms with Gasteiger partial charge < -0.3 is 0 Å². The number of hydrogen-bond acceptors (Lipinski definition) is 1. The molecule has 2 nitrogen and oxygen atoms in total. The fourth-order valence-electron chi connectivity index (χ4n) is 3.25. The lowest BCUT2D eigenvalue weighted by Crippen LogP contribution is -2.31. The molecule has 0 saturated carbocycles. The highest BCUT2D eigenvalue weighted by Gasteiger charge is 2.39. The minimum Gasteiger partial charge on any atom is -0.290 e. The van der Waals surface area contributed by atoms with Crippen molar-refractivity contribution < 1.29 is 13.2 Å². The zero-order valence-electron chi connectivity index (χ0n) is 15.2. The topological polar surface area (TPSA) is 17.3 Å². The second kappa shape index (κ2) is 7.76. The highest BCUT2D eigenvalue weighted by molar-refractivity contribution is 6.30. The van der Waals surface area contributed by atoms with Gasteiger partial charge >= 0.3 is 6.18 Å². The number of alkyl halides is 3. The molecular weight excluding hydrogens is 397 g/mol. The average Bonchev–Trinajstić information content (AvgIpc) is 3.08. The van der Waals surface area contributed by atoms with E-state index in [1.54, 1.807) is 78.9 Å². The van der Waals surface area contributed by atoms with Crippen molar-refractivity contribution in [2.24, 2.45) is 4.99 Å². The Hall–Kier alpha value is -3.05. The van der Waals surface area contributed by atoms with Crippen LogP contribution in [0, 0.1) is 0 Å². The first-order chi connectivity index (χ1) is 13.9. The lowest BCUT2D eigenvalue weighted by Gasteiger charge is -2.17. The van der Waals surface area contributed by atoms with Crippen molar-refractivity contribution in [1.82, 2.24) is 4.57 Å². The van der Waals surface area contributed by atoms with Gasteiger partial charge in [-0.05, 0) is 35.4 Å². The van der Waals surface area contributed by atoms with Crippen LogP contribution in [0.5, 0.6) is 0 Å². The fourth-order valence-corrected chi connectivity index (χ4v) is 3.38. The third-order valence-electron chi connectivity index (χ3n) is 4.57. The zero-order valence-corrected chi connectivity index (χ0v) is 16.0. The van der Waals surface area contributed by atoms with E-state index in [1.165, 1.54) is 4.57 Å². The quantitative estimate of drug-likeness (QED) is 0.255. The molecule has 4 rings (SSSR count). The van der Waals surface area contributed by atoms with E-state index in [0.29, 0.717) is 32.7 Å². The van der Waals surface area contributed by atoms with E-state index in [4.69, 9.17) is 11.6 Å². The van der Waals surface area contributed by atoms with Crippen LogP contribution in [0.2, 0.25) is 5.02 Å². The van der Waals surface area contributed by atoms with E-state index in [9.17, 15) is 13.2 Å². The maximum atomic E-state index is 14.1. The first-order valence-electron chi connectivity index (χ1n) is 8.96. The summed E-state index contributed by atoms with van der Waals surface area (Å²) in [6.45, 7) is -0.0672. The third-order valence-corrected chi connectivity index (χ3v) is 4.82. The molecule has 0 amide bonds. The summed E-state index contributed by atoms with van der Waals surface area (Å²) >= 11 is 5.96. The summed E-state index contributed by atoms with van der Waals surface area (Å²) in [6, 6.07) is 24.3. The molecule has 0 radical (unpaired) electrons. The van der Waals surface area contributed by atoms with Crippen molar-refractivity contribution in [3.8, 4) is 11.3 Å². The van der Waals surface area contributed by atoms with Gasteiger partial charge in [0.15, 0.2) is 0 Å². The van der Waals surface area contributed by atoms with Crippen LogP contribution >= 0.6 is 11.6 Å². The Balaban J connectivity index is 1.93. The minimum atomic E-state index is -4.63. The van der Waals surface area contributed by atoms with Crippen LogP contribution in [0.1, 0.15) is 5.56 Å². The number of fused-ring (bicyclic) bond motifs is 1. The van der Waals surface area contributed by atoms with Gasteiger partial charge in [0.25, 0.3) is 0 Å². The minimum absolute atomic E-state index is 0.0672. The maximum Gasteiger partial charge on any atom is 0.449 e. The van der Waals surface area contributed by atoms with E-state index in [-0.39, 0.29) is 6.54 Å². The van der Waals surface area contributed by atoms with Crippen LogP contribution in [0.3, 0.4) is 0 Å². The number of aliphatic imine (C=N–C) groups is 1. The Morgan fingerprint density at radius 2 is 1.52 bits per heavy atom. The summed E-state index contributed by atoms with van der Waals surface area (Å²) in [5.74, 6) is -0.951. The predicted molar refractivity (Wildman–Crippen MR) is 111 cm³/mol. The molecule has 1 heterocycles. The SMILES string of the molecule is FC(F)(F)C(=NCc1ccccc1)n1c(-c2ccc(Cl)cc2)cc2ccccc21. The van der Waals surface area contributed by atoms with Crippen LogP contribution in [-0.4, -0.2) is 16.6 Å². The Morgan fingerprint density at radius 3 is 2.21 bits per heavy atom. The fraction of sp³-hybridized carbons (Fsp3) is 0.0870. The highest BCUT2D eigenvalue weighted by Crippen LogP contribution is 2.32. The Kier molecular flexibility index (Phi) is 5.16. The second-order valence-corrected chi connectivity index (χ2v) is 6.99. The average molecular weight is 413 g/mol. The lowest BCUT2D eigenvalue weighted by atomic mass is 10.1. The highest BCUT2D eigenvalue weighted by atomic mass is 35.5. The van der Waals surface area contributed by atoms with Crippen LogP contribution in [0.25, 0.3) is 22.2 Å². The van der Waals surface area contributed by atoms with Crippen LogP contribution in [0.15, 0.2) is 89.9 Å². The molecule has 0 spiro atoms. The summed E-state index contributed by atoms with van der Waals surface area (Å²) in [6.07, 6.45) is -4.63. The predicted octanol–water partition coefficient (Wildman–Crippen LogP) is 6.97. The standard InChI is InChI=1S/C23H16ClF3N2/c24-19-12-10-17(11-13-19)21-14-18-8-4-5-9-20(18)29(21)22(23(25,26)27)28-15-16-6-2-1-3-7-16/h1-14H,15H2. The largest absolute Gasteiger partial charge is 0.449 e. The molecule has 0 fully saturated rings. The molecule has 3 aromatic carbocycles. The Bertz CT molecular complexity index is 1160. The number of rotatable bonds is 3. The summed E-state index contributed by atoms with van der Waals surface area (Å²) < 4.78 is 43.5. The molecule has 0 aliphatic heterocycles. The van der Waals surface area contributed by atoms with Crippen molar-refractivity contribution in [2.75, 3.05) is 0 Å². The number of halogens is 4. The van der Waals surface area contributed by atoms with Gasteiger partial charge in [-0.25, -0.2) is 0 Å². The van der Waals surface area contributed by atoms with Gasteiger partial charge in [-0.3, -0.25) is 9.56 Å². The molecule has 1 aromatic heterocycles. The molecular formula is C23H16ClF3N2. The van der Waals surface area contributed by atoms with E-state index in [0.717, 1.165) is 0 Å². The first-order valence-corrected chi connectivity index (χ1v) is 9.33. The number of para-hydroxylation sites is 1. The maximum absolute atomic E-state index is 14.1. The number of hydrogen-bond donors (Lipinski definition) is 0. The summed E-state index contributed by atoms with van der Waals surface area (Å²) in [7, 11) is 0. The molecule has 0 unspecified atom stereocenters. The molecule has 0 saturated heterocycles. The monoisotopic (exact) mass is 412 g/mol. The van der Waals surface area contributed by atoms with E-state index >= 15 is 0 Å². The van der Waals surface area contributed by atoms with Crippen molar-refractivity contribution in [3.63, 3.8) is 0 Å². The van der Waals surface area contributed by atoms with E-state index in [1.807, 2.05) is 6.07 Å². The molecule has 146 valence electrons. The van der Waals surface area contributed by atoms with Gasteiger partial charge in [0.1, 0.15) is 0 Å². The molecule has 0 aliphatic carbocycles. The van der Waals surface area contributed by atoms with Crippen molar-refractivity contribution in [1.29, 1.82) is 0 Å². The molecule has 6 heteroatoms. The van der Waals surface area contributed by atoms with Crippen LogP contribution in [-0.2, 0) is 6.54 Å². The molecule has 0 atom stereocenters. The summed E-state index contributed by atoms with van der Waals surface area (Å²) in [5.41, 5.74) is 2.19. The van der Waals surface area contributed by atoms with Crippen molar-refractivity contribution in [3.05, 3.63) is 95.5 Å². The van der Waals surface area contributed by atoms with Crippen LogP contribution < -0.4 is 0 Å². The molecule has 29 heavy (non-hydrogen) atoms. The Morgan fingerprint density at radius 1 is 0.862 bits per heavy atom. The van der Waals surface area contributed by atoms with E-state index in [2.05, 4.69) is 4.99 Å². The molecule has 0 bridgehead atoms. The van der Waals surface area contributed by atoms with Crippen molar-refractivity contribution in [2.45, 2.75) is 12.7 Å². The summed E-state index contributed by atoms with van der Waals surface area (Å²) in [4.78, 5) is 3.99. The van der Waals surface area contributed by atoms with E-state index < -0.39 is 12.0 Å². The second-order valence-electron chi connectivity index (χ2n) is 6.55. The van der Waals surface area contributed by atoms with Gasteiger partial charge in [0, 0.05) is 10.4 Å². The lowest BCUT2D eigenvalue weighted by molar-refractivity contribution is -0.0615. The Labute approximate surface area is 170 Å². The van der Waals surface area contributed by atoms with Gasteiger partial charge in [-0.15, -0.1) is 0 Å². The van der Waals surface area contributed by atoms with Gasteiger partial charge in [0.2, 0.25) is 5.84 Å². The van der Waals surface area contributed by atoms with Gasteiger partial charge in [0.05, 0.1) is 17.8 Å². The zero-order chi connectivity index (χ0) is 20.4.